The van der Waals surface area contributed by atoms with E-state index in [1.165, 1.54) is 4.90 Å². The SMILES string of the molecule is CCC(=O)N1CCN(C(=O)c2ccc3c(c2)N(C)C(=O)CCO3)CC1. The molecular weight excluding hydrogens is 322 g/mol. The van der Waals surface area contributed by atoms with Crippen LogP contribution in [0.2, 0.25) is 0 Å². The molecule has 0 N–H and O–H groups in total. The normalized spacial score (nSPS) is 17.7. The van der Waals surface area contributed by atoms with Gasteiger partial charge in [0.2, 0.25) is 11.8 Å². The van der Waals surface area contributed by atoms with Gasteiger partial charge in [0.15, 0.2) is 0 Å². The molecule has 0 bridgehead atoms. The van der Waals surface area contributed by atoms with Crippen molar-refractivity contribution in [2.75, 3.05) is 44.7 Å². The summed E-state index contributed by atoms with van der Waals surface area (Å²) >= 11 is 0. The fourth-order valence-electron chi connectivity index (χ4n) is 3.15. The van der Waals surface area contributed by atoms with Crippen LogP contribution in [0.25, 0.3) is 0 Å². The van der Waals surface area contributed by atoms with Gasteiger partial charge in [-0.3, -0.25) is 14.4 Å². The molecule has 0 unspecified atom stereocenters. The van der Waals surface area contributed by atoms with Gasteiger partial charge in [0.1, 0.15) is 5.75 Å². The number of carbonyl (C=O) groups is 3. The highest BCUT2D eigenvalue weighted by Gasteiger charge is 2.26. The van der Waals surface area contributed by atoms with Crippen molar-refractivity contribution in [3.63, 3.8) is 0 Å². The molecule has 1 fully saturated rings. The zero-order valence-electron chi connectivity index (χ0n) is 14.7. The molecule has 0 spiro atoms. The number of ether oxygens (including phenoxy) is 1. The average Bonchev–Trinajstić information content (AvgIpc) is 2.79. The monoisotopic (exact) mass is 345 g/mol. The van der Waals surface area contributed by atoms with Crippen LogP contribution in [0, 0.1) is 0 Å². The van der Waals surface area contributed by atoms with Crippen molar-refractivity contribution >= 4 is 23.4 Å². The van der Waals surface area contributed by atoms with Gasteiger partial charge >= 0.3 is 0 Å². The maximum atomic E-state index is 12.8. The van der Waals surface area contributed by atoms with E-state index in [-0.39, 0.29) is 17.7 Å². The highest BCUT2D eigenvalue weighted by molar-refractivity contribution is 5.99. The smallest absolute Gasteiger partial charge is 0.254 e. The van der Waals surface area contributed by atoms with Crippen molar-refractivity contribution in [1.82, 2.24) is 9.80 Å². The van der Waals surface area contributed by atoms with Crippen molar-refractivity contribution in [3.8, 4) is 5.75 Å². The van der Waals surface area contributed by atoms with Crippen LogP contribution in [-0.2, 0) is 9.59 Å². The predicted molar refractivity (Wildman–Crippen MR) is 92.7 cm³/mol. The van der Waals surface area contributed by atoms with Crippen LogP contribution in [0.3, 0.4) is 0 Å². The minimum absolute atomic E-state index is 0.0324. The van der Waals surface area contributed by atoms with Crippen LogP contribution in [0.1, 0.15) is 30.1 Å². The lowest BCUT2D eigenvalue weighted by molar-refractivity contribution is -0.132. The number of amides is 3. The molecule has 0 radical (unpaired) electrons. The second-order valence-electron chi connectivity index (χ2n) is 6.26. The van der Waals surface area contributed by atoms with Crippen molar-refractivity contribution < 1.29 is 19.1 Å². The Hall–Kier alpha value is -2.57. The number of hydrogen-bond acceptors (Lipinski definition) is 4. The largest absolute Gasteiger partial charge is 0.491 e. The third-order valence-electron chi connectivity index (χ3n) is 4.74. The molecule has 2 aliphatic rings. The number of rotatable bonds is 2. The first-order chi connectivity index (χ1) is 12.0. The van der Waals surface area contributed by atoms with Gasteiger partial charge in [0.25, 0.3) is 5.91 Å². The summed E-state index contributed by atoms with van der Waals surface area (Å²) in [5.41, 5.74) is 1.15. The number of anilines is 1. The molecule has 0 aromatic heterocycles. The maximum Gasteiger partial charge on any atom is 0.254 e. The van der Waals surface area contributed by atoms with E-state index in [2.05, 4.69) is 0 Å². The molecule has 0 saturated carbocycles. The summed E-state index contributed by atoms with van der Waals surface area (Å²) in [7, 11) is 1.69. The summed E-state index contributed by atoms with van der Waals surface area (Å²) in [6.45, 7) is 4.35. The molecule has 7 heteroatoms. The van der Waals surface area contributed by atoms with E-state index in [1.807, 2.05) is 6.92 Å². The Balaban J connectivity index is 1.74. The summed E-state index contributed by atoms with van der Waals surface area (Å²) in [5, 5.41) is 0. The summed E-state index contributed by atoms with van der Waals surface area (Å²) in [6, 6.07) is 5.19. The first-order valence-electron chi connectivity index (χ1n) is 8.61. The van der Waals surface area contributed by atoms with Crippen LogP contribution in [0.5, 0.6) is 5.75 Å². The lowest BCUT2D eigenvalue weighted by atomic mass is 10.1. The average molecular weight is 345 g/mol. The van der Waals surface area contributed by atoms with Gasteiger partial charge in [-0.05, 0) is 18.2 Å². The zero-order chi connectivity index (χ0) is 18.0. The van der Waals surface area contributed by atoms with Crippen LogP contribution < -0.4 is 9.64 Å². The standard InChI is InChI=1S/C18H23N3O4/c1-3-16(22)20-7-9-21(10-8-20)18(24)13-4-5-15-14(12-13)19(2)17(23)6-11-25-15/h4-5,12H,3,6-11H2,1-2H3. The van der Waals surface area contributed by atoms with E-state index in [9.17, 15) is 14.4 Å². The Morgan fingerprint density at radius 1 is 1.12 bits per heavy atom. The highest BCUT2D eigenvalue weighted by Crippen LogP contribution is 2.32. The molecule has 2 heterocycles. The molecule has 1 saturated heterocycles. The van der Waals surface area contributed by atoms with Gasteiger partial charge in [0.05, 0.1) is 18.7 Å². The van der Waals surface area contributed by atoms with Crippen molar-refractivity contribution in [2.24, 2.45) is 0 Å². The molecule has 1 aromatic carbocycles. The van der Waals surface area contributed by atoms with Gasteiger partial charge in [-0.2, -0.15) is 0 Å². The van der Waals surface area contributed by atoms with Crippen molar-refractivity contribution in [2.45, 2.75) is 19.8 Å². The summed E-state index contributed by atoms with van der Waals surface area (Å²) < 4.78 is 5.59. The Morgan fingerprint density at radius 2 is 1.80 bits per heavy atom. The topological polar surface area (TPSA) is 70.2 Å². The number of benzene rings is 1. The van der Waals surface area contributed by atoms with Gasteiger partial charge < -0.3 is 19.4 Å². The third kappa shape index (κ3) is 3.45. The molecule has 2 aliphatic heterocycles. The molecule has 0 aliphatic carbocycles. The van der Waals surface area contributed by atoms with Crippen molar-refractivity contribution in [3.05, 3.63) is 23.8 Å². The number of fused-ring (bicyclic) bond motifs is 1. The molecular formula is C18H23N3O4. The Kier molecular flexibility index (Phi) is 4.92. The minimum Gasteiger partial charge on any atom is -0.491 e. The van der Waals surface area contributed by atoms with Gasteiger partial charge in [-0.25, -0.2) is 0 Å². The fourth-order valence-corrected chi connectivity index (χ4v) is 3.15. The van der Waals surface area contributed by atoms with Crippen molar-refractivity contribution in [1.29, 1.82) is 0 Å². The minimum atomic E-state index is -0.0866. The predicted octanol–water partition coefficient (Wildman–Crippen LogP) is 1.13. The maximum absolute atomic E-state index is 12.8. The third-order valence-corrected chi connectivity index (χ3v) is 4.74. The first kappa shape index (κ1) is 17.3. The zero-order valence-corrected chi connectivity index (χ0v) is 14.7. The Labute approximate surface area is 147 Å². The van der Waals surface area contributed by atoms with Crippen LogP contribution in [-0.4, -0.2) is 67.4 Å². The molecule has 1 aromatic rings. The quantitative estimate of drug-likeness (QED) is 0.806. The molecule has 25 heavy (non-hydrogen) atoms. The van der Waals surface area contributed by atoms with E-state index in [1.54, 1.807) is 35.0 Å². The number of carbonyl (C=O) groups excluding carboxylic acids is 3. The van der Waals surface area contributed by atoms with Crippen LogP contribution >= 0.6 is 0 Å². The lowest BCUT2D eigenvalue weighted by Gasteiger charge is -2.34. The number of piperazine rings is 1. The fraction of sp³-hybridized carbons (Fsp3) is 0.500. The van der Waals surface area contributed by atoms with Gasteiger partial charge in [-0.1, -0.05) is 6.92 Å². The van der Waals surface area contributed by atoms with Crippen LogP contribution in [0.4, 0.5) is 5.69 Å². The summed E-state index contributed by atoms with van der Waals surface area (Å²) in [4.78, 5) is 41.6. The van der Waals surface area contributed by atoms with E-state index in [0.29, 0.717) is 62.6 Å². The number of nitrogens with zero attached hydrogens (tertiary/aromatic N) is 3. The molecule has 134 valence electrons. The Morgan fingerprint density at radius 3 is 2.48 bits per heavy atom. The highest BCUT2D eigenvalue weighted by atomic mass is 16.5. The summed E-state index contributed by atoms with van der Waals surface area (Å²) in [6.07, 6.45) is 0.807. The molecule has 7 nitrogen and oxygen atoms in total. The molecule has 3 rings (SSSR count). The molecule has 0 atom stereocenters. The van der Waals surface area contributed by atoms with E-state index in [0.717, 1.165) is 0 Å². The van der Waals surface area contributed by atoms with Gasteiger partial charge in [-0.15, -0.1) is 0 Å². The molecule has 3 amide bonds. The first-order valence-corrected chi connectivity index (χ1v) is 8.61. The van der Waals surface area contributed by atoms with Crippen LogP contribution in [0.15, 0.2) is 18.2 Å². The number of hydrogen-bond donors (Lipinski definition) is 0. The Bertz CT molecular complexity index is 696. The second kappa shape index (κ2) is 7.13. The van der Waals surface area contributed by atoms with E-state index >= 15 is 0 Å². The van der Waals surface area contributed by atoms with Gasteiger partial charge in [0, 0.05) is 45.2 Å². The van der Waals surface area contributed by atoms with E-state index in [4.69, 9.17) is 4.74 Å². The second-order valence-corrected chi connectivity index (χ2v) is 6.26. The van der Waals surface area contributed by atoms with E-state index < -0.39 is 0 Å². The lowest BCUT2D eigenvalue weighted by Crippen LogP contribution is -2.50. The summed E-state index contributed by atoms with van der Waals surface area (Å²) in [5.74, 6) is 0.615.